The van der Waals surface area contributed by atoms with Gasteiger partial charge < -0.3 is 9.64 Å². The Kier molecular flexibility index (Phi) is 5.57. The van der Waals surface area contributed by atoms with Gasteiger partial charge in [0.1, 0.15) is 17.2 Å². The molecular formula is C15H16F2N4O3S. The Morgan fingerprint density at radius 1 is 1.36 bits per heavy atom. The van der Waals surface area contributed by atoms with Gasteiger partial charge in [-0.1, -0.05) is 0 Å². The van der Waals surface area contributed by atoms with Gasteiger partial charge in [0.05, 0.1) is 18.8 Å². The zero-order valence-corrected chi connectivity index (χ0v) is 14.0. The minimum absolute atomic E-state index is 0.0948. The molecular weight excluding hydrogens is 354 g/mol. The Balaban J connectivity index is 1.80. The van der Waals surface area contributed by atoms with Crippen LogP contribution in [-0.4, -0.2) is 50.7 Å². The summed E-state index contributed by atoms with van der Waals surface area (Å²) in [5.41, 5.74) is 2.64. The van der Waals surface area contributed by atoms with Gasteiger partial charge in [-0.05, 0) is 11.8 Å². The number of hydroxylamine groups is 1. The maximum Gasteiger partial charge on any atom is 0.414 e. The van der Waals surface area contributed by atoms with Crippen molar-refractivity contribution in [3.8, 4) is 5.40 Å². The van der Waals surface area contributed by atoms with Crippen LogP contribution in [0, 0.1) is 22.3 Å². The minimum atomic E-state index is -0.750. The average molecular weight is 370 g/mol. The molecule has 0 unspecified atom stereocenters. The van der Waals surface area contributed by atoms with Crippen LogP contribution in [0.25, 0.3) is 0 Å². The van der Waals surface area contributed by atoms with Crippen LogP contribution < -0.4 is 15.3 Å². The van der Waals surface area contributed by atoms with Gasteiger partial charge in [0.25, 0.3) is 0 Å². The molecule has 1 N–H and O–H groups in total. The van der Waals surface area contributed by atoms with E-state index in [1.54, 1.807) is 4.90 Å². The first kappa shape index (κ1) is 17.7. The summed E-state index contributed by atoms with van der Waals surface area (Å²) in [5, 5.41) is 10.5. The largest absolute Gasteiger partial charge is 0.443 e. The van der Waals surface area contributed by atoms with E-state index >= 15 is 0 Å². The number of carbonyl (C=O) groups excluding carboxylic acids is 1. The molecule has 0 aromatic heterocycles. The molecule has 2 saturated heterocycles. The molecule has 0 aliphatic carbocycles. The van der Waals surface area contributed by atoms with Crippen molar-refractivity contribution in [3.63, 3.8) is 0 Å². The van der Waals surface area contributed by atoms with Gasteiger partial charge in [-0.2, -0.15) is 5.26 Å². The third-order valence-corrected chi connectivity index (χ3v) is 4.55. The first-order valence-electron chi connectivity index (χ1n) is 7.68. The average Bonchev–Trinajstić information content (AvgIpc) is 2.77. The highest BCUT2D eigenvalue weighted by Gasteiger charge is 2.33. The highest BCUT2D eigenvalue weighted by atomic mass is 32.2. The summed E-state index contributed by atoms with van der Waals surface area (Å²) in [5.74, 6) is -1.19. The van der Waals surface area contributed by atoms with Gasteiger partial charge in [0.2, 0.25) is 0 Å². The molecule has 0 radical (unpaired) electrons. The number of halogens is 2. The number of benzene rings is 1. The van der Waals surface area contributed by atoms with Crippen LogP contribution in [0.1, 0.15) is 0 Å². The zero-order chi connectivity index (χ0) is 17.8. The predicted molar refractivity (Wildman–Crippen MR) is 88.2 cm³/mol. The molecule has 0 saturated carbocycles. The molecule has 7 nitrogen and oxygen atoms in total. The third-order valence-electron chi connectivity index (χ3n) is 3.89. The number of nitrogens with zero attached hydrogens (tertiary/aromatic N) is 3. The van der Waals surface area contributed by atoms with Gasteiger partial charge in [0.15, 0.2) is 11.6 Å². The number of nitriles is 1. The molecule has 0 bridgehead atoms. The molecule has 134 valence electrons. The van der Waals surface area contributed by atoms with Crippen molar-refractivity contribution in [3.05, 3.63) is 23.8 Å². The number of hydrogen-bond acceptors (Lipinski definition) is 7. The van der Waals surface area contributed by atoms with E-state index in [0.717, 1.165) is 23.9 Å². The molecule has 2 heterocycles. The van der Waals surface area contributed by atoms with Gasteiger partial charge in [-0.25, -0.2) is 19.1 Å². The Bertz CT molecular complexity index is 669. The number of hydrogen-bond donors (Lipinski definition) is 1. The van der Waals surface area contributed by atoms with Crippen LogP contribution in [0.5, 0.6) is 0 Å². The van der Waals surface area contributed by atoms with Crippen molar-refractivity contribution in [1.82, 2.24) is 5.48 Å². The van der Waals surface area contributed by atoms with Crippen molar-refractivity contribution >= 4 is 29.2 Å². The molecule has 2 aliphatic heterocycles. The van der Waals surface area contributed by atoms with E-state index in [9.17, 15) is 13.6 Å². The van der Waals surface area contributed by atoms with Crippen LogP contribution in [0.4, 0.5) is 25.0 Å². The second kappa shape index (κ2) is 7.86. The highest BCUT2D eigenvalue weighted by Crippen LogP contribution is 2.31. The lowest BCUT2D eigenvalue weighted by molar-refractivity contribution is 0.0589. The SMILES string of the molecule is N#CSC[C@H]1CN(c2cc(F)c(N3CCNOCC3)c(F)c2)C(=O)O1. The number of thiocyanates is 1. The first-order chi connectivity index (χ1) is 12.1. The second-order valence-corrected chi connectivity index (χ2v) is 6.31. The van der Waals surface area contributed by atoms with E-state index in [1.165, 1.54) is 4.90 Å². The minimum Gasteiger partial charge on any atom is -0.443 e. The van der Waals surface area contributed by atoms with Crippen LogP contribution in [-0.2, 0) is 9.57 Å². The summed E-state index contributed by atoms with van der Waals surface area (Å²) in [6, 6.07) is 2.25. The molecule has 10 heteroatoms. The normalized spacial score (nSPS) is 21.0. The van der Waals surface area contributed by atoms with Crippen LogP contribution in [0.15, 0.2) is 12.1 Å². The lowest BCUT2D eigenvalue weighted by Crippen LogP contribution is -2.31. The molecule has 3 rings (SSSR count). The van der Waals surface area contributed by atoms with Crippen molar-refractivity contribution in [2.45, 2.75) is 6.10 Å². The Morgan fingerprint density at radius 3 is 2.84 bits per heavy atom. The molecule has 1 aromatic carbocycles. The molecule has 1 amide bonds. The Morgan fingerprint density at radius 2 is 2.12 bits per heavy atom. The maximum atomic E-state index is 14.5. The standard InChI is InChI=1S/C15H16F2N4O3S/c16-12-5-10(21-7-11(8-25-9-18)24-15(21)22)6-13(17)14(12)20-2-1-19-23-4-3-20/h5-6,11,19H,1-4,7-8H2/t11-/m1/s1. The second-order valence-electron chi connectivity index (χ2n) is 5.51. The molecule has 0 spiro atoms. The number of ether oxygens (including phenoxy) is 1. The van der Waals surface area contributed by atoms with E-state index in [1.807, 2.05) is 5.40 Å². The number of carbonyl (C=O) groups is 1. The fraction of sp³-hybridized carbons (Fsp3) is 0.467. The fourth-order valence-electron chi connectivity index (χ4n) is 2.78. The molecule has 2 aliphatic rings. The van der Waals surface area contributed by atoms with Gasteiger partial charge in [0, 0.05) is 37.5 Å². The van der Waals surface area contributed by atoms with E-state index < -0.39 is 23.8 Å². The number of thioether (sulfide) groups is 1. The van der Waals surface area contributed by atoms with Crippen molar-refractivity contribution in [1.29, 1.82) is 5.26 Å². The summed E-state index contributed by atoms with van der Waals surface area (Å²) in [7, 11) is 0. The van der Waals surface area contributed by atoms with Crippen molar-refractivity contribution < 1.29 is 23.1 Å². The zero-order valence-electron chi connectivity index (χ0n) is 13.2. The van der Waals surface area contributed by atoms with E-state index in [-0.39, 0.29) is 17.9 Å². The third kappa shape index (κ3) is 3.95. The highest BCUT2D eigenvalue weighted by molar-refractivity contribution is 8.03. The van der Waals surface area contributed by atoms with E-state index in [4.69, 9.17) is 14.8 Å². The number of cyclic esters (lactones) is 1. The van der Waals surface area contributed by atoms with Crippen LogP contribution >= 0.6 is 11.8 Å². The van der Waals surface area contributed by atoms with Gasteiger partial charge in [-0.3, -0.25) is 9.74 Å². The van der Waals surface area contributed by atoms with Crippen LogP contribution in [0.2, 0.25) is 0 Å². The quantitative estimate of drug-likeness (QED) is 0.811. The Labute approximate surface area is 147 Å². The number of anilines is 2. The smallest absolute Gasteiger partial charge is 0.414 e. The molecule has 1 atom stereocenters. The summed E-state index contributed by atoms with van der Waals surface area (Å²) in [4.78, 5) is 19.7. The summed E-state index contributed by atoms with van der Waals surface area (Å²) in [6.45, 7) is 1.63. The van der Waals surface area contributed by atoms with E-state index in [2.05, 4.69) is 5.48 Å². The number of amides is 1. The maximum absolute atomic E-state index is 14.5. The molecule has 2 fully saturated rings. The van der Waals surface area contributed by atoms with Crippen molar-refractivity contribution in [2.24, 2.45) is 0 Å². The first-order valence-corrected chi connectivity index (χ1v) is 8.66. The lowest BCUT2D eigenvalue weighted by atomic mass is 10.2. The van der Waals surface area contributed by atoms with E-state index in [0.29, 0.717) is 32.0 Å². The lowest BCUT2D eigenvalue weighted by Gasteiger charge is -2.24. The molecule has 1 aromatic rings. The number of rotatable bonds is 4. The summed E-state index contributed by atoms with van der Waals surface area (Å²) < 4.78 is 34.2. The summed E-state index contributed by atoms with van der Waals surface area (Å²) in [6.07, 6.45) is -1.17. The Hall–Kier alpha value is -2.09. The monoisotopic (exact) mass is 370 g/mol. The van der Waals surface area contributed by atoms with Gasteiger partial charge in [-0.15, -0.1) is 0 Å². The van der Waals surface area contributed by atoms with Crippen LogP contribution in [0.3, 0.4) is 0 Å². The van der Waals surface area contributed by atoms with Gasteiger partial charge >= 0.3 is 6.09 Å². The predicted octanol–water partition coefficient (Wildman–Crippen LogP) is 1.85. The topological polar surface area (TPSA) is 77.8 Å². The molecule has 25 heavy (non-hydrogen) atoms. The number of nitrogens with one attached hydrogen (secondary N) is 1. The summed E-state index contributed by atoms with van der Waals surface area (Å²) >= 11 is 0.963. The fourth-order valence-corrected chi connectivity index (χ4v) is 3.21. The van der Waals surface area contributed by atoms with Crippen molar-refractivity contribution in [2.75, 3.05) is 48.3 Å².